The number of benzene rings is 1. The Balaban J connectivity index is 1.48. The maximum absolute atomic E-state index is 6.08. The lowest BCUT2D eigenvalue weighted by atomic mass is 9.87. The van der Waals surface area contributed by atoms with Crippen molar-refractivity contribution < 1.29 is 9.47 Å². The maximum Gasteiger partial charge on any atom is 0.193 e. The van der Waals surface area contributed by atoms with Crippen molar-refractivity contribution in [1.29, 1.82) is 0 Å². The van der Waals surface area contributed by atoms with Crippen molar-refractivity contribution in [1.82, 2.24) is 10.2 Å². The standard InChI is InChI=1S/C24H39N3O2/c1-4-21(5-2)22-9-12-27(17-22)24(25-3)26-16-19-7-6-8-20(15-19)18-29-23-10-13-28-14-11-23/h6-8,15,21-23H,4-5,9-14,16-18H2,1-3H3,(H,25,26). The zero-order valence-electron chi connectivity index (χ0n) is 18.5. The van der Waals surface area contributed by atoms with Gasteiger partial charge in [-0.1, -0.05) is 51.0 Å². The quantitative estimate of drug-likeness (QED) is 0.523. The first-order valence-electron chi connectivity index (χ1n) is 11.5. The van der Waals surface area contributed by atoms with Crippen LogP contribution in [0.4, 0.5) is 0 Å². The molecule has 0 saturated carbocycles. The third-order valence-electron chi connectivity index (χ3n) is 6.55. The Labute approximate surface area is 176 Å². The van der Waals surface area contributed by atoms with Crippen LogP contribution in [0.25, 0.3) is 0 Å². The molecule has 2 aliphatic rings. The van der Waals surface area contributed by atoms with E-state index in [1.165, 1.54) is 30.4 Å². The number of likely N-dealkylation sites (tertiary alicyclic amines) is 1. The van der Waals surface area contributed by atoms with Crippen molar-refractivity contribution in [2.24, 2.45) is 16.8 Å². The largest absolute Gasteiger partial charge is 0.381 e. The smallest absolute Gasteiger partial charge is 0.193 e. The van der Waals surface area contributed by atoms with E-state index in [2.05, 4.69) is 53.3 Å². The third-order valence-corrected chi connectivity index (χ3v) is 6.55. The second-order valence-electron chi connectivity index (χ2n) is 8.41. The summed E-state index contributed by atoms with van der Waals surface area (Å²) in [4.78, 5) is 6.98. The van der Waals surface area contributed by atoms with Gasteiger partial charge in [-0.15, -0.1) is 0 Å². The van der Waals surface area contributed by atoms with E-state index in [9.17, 15) is 0 Å². The van der Waals surface area contributed by atoms with Crippen molar-refractivity contribution in [2.45, 2.75) is 65.2 Å². The van der Waals surface area contributed by atoms with E-state index in [1.54, 1.807) is 0 Å². The molecule has 0 amide bonds. The molecule has 0 spiro atoms. The lowest BCUT2D eigenvalue weighted by Crippen LogP contribution is -2.40. The highest BCUT2D eigenvalue weighted by atomic mass is 16.5. The second kappa shape index (κ2) is 11.6. The minimum absolute atomic E-state index is 0.336. The predicted molar refractivity (Wildman–Crippen MR) is 119 cm³/mol. The fourth-order valence-corrected chi connectivity index (χ4v) is 4.72. The predicted octanol–water partition coefficient (Wildman–Crippen LogP) is 4.22. The van der Waals surface area contributed by atoms with Crippen LogP contribution in [0.1, 0.15) is 57.1 Å². The molecule has 29 heavy (non-hydrogen) atoms. The molecule has 1 aromatic carbocycles. The minimum Gasteiger partial charge on any atom is -0.381 e. The molecular formula is C24H39N3O2. The molecule has 2 saturated heterocycles. The van der Waals surface area contributed by atoms with Crippen molar-refractivity contribution >= 4 is 5.96 Å². The second-order valence-corrected chi connectivity index (χ2v) is 8.41. The summed E-state index contributed by atoms with van der Waals surface area (Å²) in [5.41, 5.74) is 2.51. The van der Waals surface area contributed by atoms with Crippen LogP contribution in [-0.2, 0) is 22.6 Å². The summed E-state index contributed by atoms with van der Waals surface area (Å²) < 4.78 is 11.5. The van der Waals surface area contributed by atoms with Crippen molar-refractivity contribution in [3.05, 3.63) is 35.4 Å². The van der Waals surface area contributed by atoms with Gasteiger partial charge in [-0.25, -0.2) is 0 Å². The Morgan fingerprint density at radius 2 is 1.97 bits per heavy atom. The first-order chi connectivity index (χ1) is 14.2. The highest BCUT2D eigenvalue weighted by Gasteiger charge is 2.29. The fourth-order valence-electron chi connectivity index (χ4n) is 4.72. The van der Waals surface area contributed by atoms with E-state index >= 15 is 0 Å². The monoisotopic (exact) mass is 401 g/mol. The van der Waals surface area contributed by atoms with E-state index in [-0.39, 0.29) is 0 Å². The summed E-state index contributed by atoms with van der Waals surface area (Å²) in [5.74, 6) is 2.67. The van der Waals surface area contributed by atoms with Gasteiger partial charge in [0.15, 0.2) is 5.96 Å². The molecule has 0 aliphatic carbocycles. The summed E-state index contributed by atoms with van der Waals surface area (Å²) in [6, 6.07) is 8.70. The molecule has 2 fully saturated rings. The topological polar surface area (TPSA) is 46.1 Å². The van der Waals surface area contributed by atoms with Crippen LogP contribution in [0.3, 0.4) is 0 Å². The van der Waals surface area contributed by atoms with Crippen LogP contribution in [0, 0.1) is 11.8 Å². The van der Waals surface area contributed by atoms with Crippen LogP contribution in [-0.4, -0.2) is 50.3 Å². The molecule has 2 aliphatic heterocycles. The Kier molecular flexibility index (Phi) is 8.81. The number of aliphatic imine (C=N–C) groups is 1. The van der Waals surface area contributed by atoms with Crippen LogP contribution >= 0.6 is 0 Å². The summed E-state index contributed by atoms with van der Waals surface area (Å²) in [6.07, 6.45) is 6.19. The molecule has 0 radical (unpaired) electrons. The number of rotatable bonds is 8. The first kappa shape index (κ1) is 22.1. The number of nitrogens with zero attached hydrogens (tertiary/aromatic N) is 2. The number of guanidine groups is 1. The molecule has 1 atom stereocenters. The molecule has 3 rings (SSSR count). The van der Waals surface area contributed by atoms with Gasteiger partial charge in [0.2, 0.25) is 0 Å². The van der Waals surface area contributed by atoms with Gasteiger partial charge in [0.05, 0.1) is 12.7 Å². The van der Waals surface area contributed by atoms with Gasteiger partial charge in [0, 0.05) is 39.9 Å². The summed E-state index contributed by atoms with van der Waals surface area (Å²) in [7, 11) is 1.89. The Morgan fingerprint density at radius 1 is 1.21 bits per heavy atom. The molecule has 1 unspecified atom stereocenters. The number of hydrogen-bond donors (Lipinski definition) is 1. The molecule has 162 valence electrons. The molecular weight excluding hydrogens is 362 g/mol. The molecule has 1 aromatic rings. The van der Waals surface area contributed by atoms with E-state index in [4.69, 9.17) is 9.47 Å². The van der Waals surface area contributed by atoms with Gasteiger partial charge >= 0.3 is 0 Å². The third kappa shape index (κ3) is 6.45. The van der Waals surface area contributed by atoms with E-state index < -0.39 is 0 Å². The zero-order chi connectivity index (χ0) is 20.5. The number of hydrogen-bond acceptors (Lipinski definition) is 3. The Morgan fingerprint density at radius 3 is 2.69 bits per heavy atom. The van der Waals surface area contributed by atoms with E-state index in [1.807, 2.05) is 7.05 Å². The maximum atomic E-state index is 6.08. The molecule has 5 nitrogen and oxygen atoms in total. The summed E-state index contributed by atoms with van der Waals surface area (Å²) in [5, 5.41) is 3.57. The van der Waals surface area contributed by atoms with Gasteiger partial charge in [-0.3, -0.25) is 4.99 Å². The molecule has 2 heterocycles. The molecule has 1 N–H and O–H groups in total. The lowest BCUT2D eigenvalue weighted by molar-refractivity contribution is -0.0390. The highest BCUT2D eigenvalue weighted by molar-refractivity contribution is 5.80. The summed E-state index contributed by atoms with van der Waals surface area (Å²) >= 11 is 0. The van der Waals surface area contributed by atoms with Crippen LogP contribution in [0.15, 0.2) is 29.3 Å². The number of nitrogens with one attached hydrogen (secondary N) is 1. The Bertz CT molecular complexity index is 639. The average molecular weight is 402 g/mol. The van der Waals surface area contributed by atoms with Crippen LogP contribution in [0.5, 0.6) is 0 Å². The van der Waals surface area contributed by atoms with Crippen LogP contribution in [0.2, 0.25) is 0 Å². The molecule has 0 bridgehead atoms. The van der Waals surface area contributed by atoms with E-state index in [0.717, 1.165) is 63.5 Å². The molecule has 0 aromatic heterocycles. The van der Waals surface area contributed by atoms with Gasteiger partial charge in [-0.2, -0.15) is 0 Å². The van der Waals surface area contributed by atoms with Crippen molar-refractivity contribution in [3.8, 4) is 0 Å². The highest BCUT2D eigenvalue weighted by Crippen LogP contribution is 2.28. The Hall–Kier alpha value is -1.59. The van der Waals surface area contributed by atoms with Crippen molar-refractivity contribution in [2.75, 3.05) is 33.4 Å². The van der Waals surface area contributed by atoms with Crippen LogP contribution < -0.4 is 5.32 Å². The summed E-state index contributed by atoms with van der Waals surface area (Å²) in [6.45, 7) is 10.0. The molecule has 5 heteroatoms. The van der Waals surface area contributed by atoms with Gasteiger partial charge in [0.25, 0.3) is 0 Å². The minimum atomic E-state index is 0.336. The number of ether oxygens (including phenoxy) is 2. The van der Waals surface area contributed by atoms with E-state index in [0.29, 0.717) is 12.7 Å². The lowest BCUT2D eigenvalue weighted by Gasteiger charge is -2.24. The zero-order valence-corrected chi connectivity index (χ0v) is 18.5. The fraction of sp³-hybridized carbons (Fsp3) is 0.708. The first-order valence-corrected chi connectivity index (χ1v) is 11.5. The average Bonchev–Trinajstić information content (AvgIpc) is 3.24. The van der Waals surface area contributed by atoms with Gasteiger partial charge in [0.1, 0.15) is 0 Å². The van der Waals surface area contributed by atoms with Gasteiger partial charge in [-0.05, 0) is 42.2 Å². The van der Waals surface area contributed by atoms with Gasteiger partial charge < -0.3 is 19.7 Å². The normalized spacial score (nSPS) is 21.2. The van der Waals surface area contributed by atoms with Crippen molar-refractivity contribution in [3.63, 3.8) is 0 Å². The SMILES string of the molecule is CCC(CC)C1CCN(C(=NC)NCc2cccc(COC3CCOCC3)c2)C1.